The Kier molecular flexibility index (Phi) is 4.77. The third-order valence-corrected chi connectivity index (χ3v) is 2.75. The Morgan fingerprint density at radius 2 is 1.55 bits per heavy atom. The molecule has 2 rings (SSSR count). The van der Waals surface area contributed by atoms with Gasteiger partial charge in [-0.15, -0.1) is 0 Å². The van der Waals surface area contributed by atoms with Crippen molar-refractivity contribution in [3.8, 4) is 0 Å². The molecule has 0 fully saturated rings. The van der Waals surface area contributed by atoms with Crippen LogP contribution in [0.5, 0.6) is 0 Å². The Balaban J connectivity index is 1.90. The summed E-state index contributed by atoms with van der Waals surface area (Å²) in [6, 6.07) is 8.10. The summed E-state index contributed by atoms with van der Waals surface area (Å²) in [7, 11) is 0. The zero-order chi connectivity index (χ0) is 16.1. The van der Waals surface area contributed by atoms with Crippen molar-refractivity contribution in [2.75, 3.05) is 5.32 Å². The molecular weight excluding hydrogens is 297 g/mol. The quantitative estimate of drug-likeness (QED) is 0.855. The molecule has 0 heterocycles. The lowest BCUT2D eigenvalue weighted by molar-refractivity contribution is -0.136. The second kappa shape index (κ2) is 6.75. The van der Waals surface area contributed by atoms with Crippen molar-refractivity contribution in [1.82, 2.24) is 5.32 Å². The molecule has 0 spiro atoms. The second-order valence-corrected chi connectivity index (χ2v) is 4.39. The van der Waals surface area contributed by atoms with Gasteiger partial charge in [-0.1, -0.05) is 12.1 Å². The molecule has 2 amide bonds. The van der Waals surface area contributed by atoms with Gasteiger partial charge in [0, 0.05) is 18.3 Å². The molecule has 0 bridgehead atoms. The third kappa shape index (κ3) is 4.08. The number of halogens is 3. The van der Waals surface area contributed by atoms with E-state index in [-0.39, 0.29) is 12.2 Å². The van der Waals surface area contributed by atoms with Crippen molar-refractivity contribution in [2.45, 2.75) is 6.54 Å². The van der Waals surface area contributed by atoms with Crippen LogP contribution in [0.3, 0.4) is 0 Å². The van der Waals surface area contributed by atoms with Crippen LogP contribution in [0.4, 0.5) is 18.9 Å². The van der Waals surface area contributed by atoms with E-state index >= 15 is 0 Å². The average molecular weight is 308 g/mol. The van der Waals surface area contributed by atoms with Gasteiger partial charge in [-0.3, -0.25) is 9.59 Å². The predicted octanol–water partition coefficient (Wildman–Crippen LogP) is 2.36. The highest BCUT2D eigenvalue weighted by atomic mass is 19.2. The Hall–Kier alpha value is -2.83. The molecule has 4 nitrogen and oxygen atoms in total. The summed E-state index contributed by atoms with van der Waals surface area (Å²) in [4.78, 5) is 23.2. The first-order chi connectivity index (χ1) is 10.5. The third-order valence-electron chi connectivity index (χ3n) is 2.75. The number of hydrogen-bond acceptors (Lipinski definition) is 2. The molecule has 0 aliphatic carbocycles. The molecule has 2 aromatic carbocycles. The van der Waals surface area contributed by atoms with Crippen LogP contribution in [0.15, 0.2) is 42.5 Å². The molecule has 22 heavy (non-hydrogen) atoms. The van der Waals surface area contributed by atoms with Crippen molar-refractivity contribution < 1.29 is 22.8 Å². The van der Waals surface area contributed by atoms with Crippen molar-refractivity contribution >= 4 is 17.5 Å². The van der Waals surface area contributed by atoms with E-state index in [1.54, 1.807) is 0 Å². The van der Waals surface area contributed by atoms with Gasteiger partial charge in [0.2, 0.25) is 0 Å². The maximum absolute atomic E-state index is 13.0. The first kappa shape index (κ1) is 15.6. The minimum atomic E-state index is -1.13. The van der Waals surface area contributed by atoms with Gasteiger partial charge in [-0.2, -0.15) is 0 Å². The Bertz CT molecular complexity index is 702. The summed E-state index contributed by atoms with van der Waals surface area (Å²) in [6.45, 7) is 0.0321. The zero-order valence-corrected chi connectivity index (χ0v) is 11.2. The highest BCUT2D eigenvalue weighted by molar-refractivity contribution is 6.39. The van der Waals surface area contributed by atoms with E-state index in [1.165, 1.54) is 24.3 Å². The molecule has 114 valence electrons. The van der Waals surface area contributed by atoms with Gasteiger partial charge in [0.05, 0.1) is 0 Å². The number of hydrogen-bond donors (Lipinski definition) is 2. The summed E-state index contributed by atoms with van der Waals surface area (Å²) >= 11 is 0. The number of carbonyl (C=O) groups is 2. The molecule has 7 heteroatoms. The summed E-state index contributed by atoms with van der Waals surface area (Å²) in [6.07, 6.45) is 0. The van der Waals surface area contributed by atoms with Crippen LogP contribution in [0.2, 0.25) is 0 Å². The molecule has 0 atom stereocenters. The van der Waals surface area contributed by atoms with Crippen molar-refractivity contribution in [3.05, 3.63) is 65.5 Å². The fraction of sp³-hybridized carbons (Fsp3) is 0.0667. The molecule has 2 aromatic rings. The molecule has 0 aliphatic heterocycles. The summed E-state index contributed by atoms with van der Waals surface area (Å²) in [5, 5.41) is 4.46. The monoisotopic (exact) mass is 308 g/mol. The van der Waals surface area contributed by atoms with Crippen LogP contribution >= 0.6 is 0 Å². The van der Waals surface area contributed by atoms with E-state index < -0.39 is 29.3 Å². The van der Waals surface area contributed by atoms with Crippen LogP contribution in [0.25, 0.3) is 0 Å². The van der Waals surface area contributed by atoms with E-state index in [9.17, 15) is 22.8 Å². The number of carbonyl (C=O) groups excluding carboxylic acids is 2. The van der Waals surface area contributed by atoms with Crippen LogP contribution in [0.1, 0.15) is 5.56 Å². The molecule has 0 radical (unpaired) electrons. The number of benzene rings is 2. The summed E-state index contributed by atoms with van der Waals surface area (Å²) in [5.74, 6) is -4.57. The number of rotatable bonds is 3. The Morgan fingerprint density at radius 3 is 2.18 bits per heavy atom. The van der Waals surface area contributed by atoms with Gasteiger partial charge in [0.15, 0.2) is 11.6 Å². The smallest absolute Gasteiger partial charge is 0.313 e. The second-order valence-electron chi connectivity index (χ2n) is 4.39. The lowest BCUT2D eigenvalue weighted by Gasteiger charge is -2.07. The first-order valence-electron chi connectivity index (χ1n) is 6.24. The molecule has 0 aliphatic rings. The maximum atomic E-state index is 13.0. The van der Waals surface area contributed by atoms with Crippen LogP contribution in [-0.2, 0) is 16.1 Å². The van der Waals surface area contributed by atoms with E-state index in [0.29, 0.717) is 5.56 Å². The van der Waals surface area contributed by atoms with Gasteiger partial charge < -0.3 is 10.6 Å². The first-order valence-corrected chi connectivity index (χ1v) is 6.24. The minimum absolute atomic E-state index is 0.0321. The molecule has 2 N–H and O–H groups in total. The SMILES string of the molecule is O=C(NCc1ccc(F)cc1)C(=O)Nc1ccc(F)c(F)c1. The topological polar surface area (TPSA) is 58.2 Å². The predicted molar refractivity (Wildman–Crippen MR) is 73.2 cm³/mol. The van der Waals surface area contributed by atoms with Gasteiger partial charge in [-0.05, 0) is 29.8 Å². The average Bonchev–Trinajstić information content (AvgIpc) is 2.50. The van der Waals surface area contributed by atoms with Crippen molar-refractivity contribution in [3.63, 3.8) is 0 Å². The van der Waals surface area contributed by atoms with Gasteiger partial charge in [0.1, 0.15) is 5.82 Å². The Labute approximate surface area is 124 Å². The number of amides is 2. The Morgan fingerprint density at radius 1 is 0.864 bits per heavy atom. The minimum Gasteiger partial charge on any atom is -0.344 e. The standard InChI is InChI=1S/C15H11F3N2O2/c16-10-3-1-9(2-4-10)8-19-14(21)15(22)20-11-5-6-12(17)13(18)7-11/h1-7H,8H2,(H,19,21)(H,20,22). The molecule has 0 aromatic heterocycles. The van der Waals surface area contributed by atoms with E-state index in [1.807, 2.05) is 0 Å². The summed E-state index contributed by atoms with van der Waals surface area (Å²) < 4.78 is 38.4. The largest absolute Gasteiger partial charge is 0.344 e. The number of nitrogens with one attached hydrogen (secondary N) is 2. The molecule has 0 saturated heterocycles. The van der Waals surface area contributed by atoms with Crippen LogP contribution in [0, 0.1) is 17.5 Å². The number of anilines is 1. The van der Waals surface area contributed by atoms with Gasteiger partial charge in [-0.25, -0.2) is 13.2 Å². The van der Waals surface area contributed by atoms with Gasteiger partial charge in [0.25, 0.3) is 0 Å². The van der Waals surface area contributed by atoms with E-state index in [2.05, 4.69) is 10.6 Å². The van der Waals surface area contributed by atoms with Crippen LogP contribution < -0.4 is 10.6 Å². The normalized spacial score (nSPS) is 10.1. The lowest BCUT2D eigenvalue weighted by atomic mass is 10.2. The van der Waals surface area contributed by atoms with E-state index in [4.69, 9.17) is 0 Å². The molecule has 0 unspecified atom stereocenters. The highest BCUT2D eigenvalue weighted by Crippen LogP contribution is 2.12. The zero-order valence-electron chi connectivity index (χ0n) is 11.2. The fourth-order valence-corrected chi connectivity index (χ4v) is 1.63. The van der Waals surface area contributed by atoms with Crippen molar-refractivity contribution in [2.24, 2.45) is 0 Å². The molecule has 0 saturated carbocycles. The van der Waals surface area contributed by atoms with Gasteiger partial charge >= 0.3 is 11.8 Å². The summed E-state index contributed by atoms with van der Waals surface area (Å²) in [5.41, 5.74) is 0.566. The lowest BCUT2D eigenvalue weighted by Crippen LogP contribution is -2.35. The van der Waals surface area contributed by atoms with Crippen molar-refractivity contribution in [1.29, 1.82) is 0 Å². The van der Waals surface area contributed by atoms with E-state index in [0.717, 1.165) is 18.2 Å². The molecular formula is C15H11F3N2O2. The van der Waals surface area contributed by atoms with Crippen LogP contribution in [-0.4, -0.2) is 11.8 Å². The highest BCUT2D eigenvalue weighted by Gasteiger charge is 2.14. The maximum Gasteiger partial charge on any atom is 0.313 e. The fourth-order valence-electron chi connectivity index (χ4n) is 1.63.